The molecule has 1 aromatic carbocycles. The fourth-order valence-corrected chi connectivity index (χ4v) is 1.34. The van der Waals surface area contributed by atoms with E-state index in [9.17, 15) is 0 Å². The van der Waals surface area contributed by atoms with Gasteiger partial charge in [-0.2, -0.15) is 0 Å². The Balaban J connectivity index is 2.46. The van der Waals surface area contributed by atoms with E-state index in [1.54, 1.807) is 0 Å². The minimum atomic E-state index is 0.213. The monoisotopic (exact) mass is 144 g/mol. The molecule has 1 heterocycles. The highest BCUT2D eigenvalue weighted by Crippen LogP contribution is 2.14. The van der Waals surface area contributed by atoms with Gasteiger partial charge in [0.05, 0.1) is 6.04 Å². The van der Waals surface area contributed by atoms with Gasteiger partial charge in [-0.25, -0.2) is 0 Å². The molecule has 0 bridgehead atoms. The molecule has 1 aromatic rings. The zero-order valence-corrected chi connectivity index (χ0v) is 6.33. The molecule has 1 unspecified atom stereocenters. The first kappa shape index (κ1) is 6.59. The summed E-state index contributed by atoms with van der Waals surface area (Å²) >= 11 is 0. The van der Waals surface area contributed by atoms with Crippen LogP contribution in [0, 0.1) is 6.92 Å². The SMILES string of the molecule is [CH2]C1Cc2ccccc2C=N1. The molecule has 0 saturated heterocycles. The maximum atomic E-state index is 4.24. The summed E-state index contributed by atoms with van der Waals surface area (Å²) in [6.07, 6.45) is 2.89. The van der Waals surface area contributed by atoms with E-state index in [-0.39, 0.29) is 6.04 Å². The molecule has 55 valence electrons. The molecule has 2 rings (SSSR count). The number of fused-ring (bicyclic) bond motifs is 1. The first-order valence-electron chi connectivity index (χ1n) is 3.80. The number of benzene rings is 1. The topological polar surface area (TPSA) is 12.4 Å². The summed E-state index contributed by atoms with van der Waals surface area (Å²) in [4.78, 5) is 4.24. The zero-order valence-electron chi connectivity index (χ0n) is 6.33. The molecule has 0 fully saturated rings. The van der Waals surface area contributed by atoms with E-state index in [0.29, 0.717) is 0 Å². The molecule has 1 aliphatic heterocycles. The number of rotatable bonds is 0. The molecule has 0 aliphatic carbocycles. The highest BCUT2D eigenvalue weighted by atomic mass is 14.8. The van der Waals surface area contributed by atoms with Gasteiger partial charge in [-0.3, -0.25) is 4.99 Å². The smallest absolute Gasteiger partial charge is 0.0541 e. The minimum Gasteiger partial charge on any atom is -0.289 e. The third-order valence-corrected chi connectivity index (χ3v) is 1.94. The van der Waals surface area contributed by atoms with Gasteiger partial charge in [0.15, 0.2) is 0 Å². The third-order valence-electron chi connectivity index (χ3n) is 1.94. The number of hydrogen-bond acceptors (Lipinski definition) is 1. The van der Waals surface area contributed by atoms with Crippen molar-refractivity contribution in [3.63, 3.8) is 0 Å². The van der Waals surface area contributed by atoms with Crippen molar-refractivity contribution >= 4 is 6.21 Å². The Labute approximate surface area is 66.8 Å². The molecule has 11 heavy (non-hydrogen) atoms. The Morgan fingerprint density at radius 3 is 3.09 bits per heavy atom. The van der Waals surface area contributed by atoms with Crippen molar-refractivity contribution in [3.8, 4) is 0 Å². The lowest BCUT2D eigenvalue weighted by molar-refractivity contribution is 0.798. The molecule has 0 aromatic heterocycles. The quantitative estimate of drug-likeness (QED) is 0.527. The Kier molecular flexibility index (Phi) is 1.50. The normalized spacial score (nSPS) is 21.4. The van der Waals surface area contributed by atoms with Crippen molar-refractivity contribution in [3.05, 3.63) is 42.3 Å². The number of hydrogen-bond donors (Lipinski definition) is 0. The molecular formula is C10H10N. The summed E-state index contributed by atoms with van der Waals surface area (Å²) in [5.74, 6) is 0. The van der Waals surface area contributed by atoms with Gasteiger partial charge in [-0.05, 0) is 24.5 Å². The highest BCUT2D eigenvalue weighted by Gasteiger charge is 2.08. The molecule has 1 nitrogen and oxygen atoms in total. The first-order valence-corrected chi connectivity index (χ1v) is 3.80. The van der Waals surface area contributed by atoms with Crippen LogP contribution < -0.4 is 0 Å². The Bertz CT molecular complexity index is 289. The molecule has 0 spiro atoms. The van der Waals surface area contributed by atoms with E-state index in [4.69, 9.17) is 0 Å². The van der Waals surface area contributed by atoms with Crippen molar-refractivity contribution in [2.75, 3.05) is 0 Å². The maximum Gasteiger partial charge on any atom is 0.0541 e. The van der Waals surface area contributed by atoms with Gasteiger partial charge in [0.25, 0.3) is 0 Å². The van der Waals surface area contributed by atoms with E-state index in [1.165, 1.54) is 11.1 Å². The van der Waals surface area contributed by atoms with Crippen LogP contribution in [-0.2, 0) is 6.42 Å². The average molecular weight is 144 g/mol. The second kappa shape index (κ2) is 2.50. The lowest BCUT2D eigenvalue weighted by Gasteiger charge is -2.13. The van der Waals surface area contributed by atoms with Crippen molar-refractivity contribution < 1.29 is 0 Å². The van der Waals surface area contributed by atoms with Crippen LogP contribution in [0.5, 0.6) is 0 Å². The molecule has 0 saturated carbocycles. The summed E-state index contributed by atoms with van der Waals surface area (Å²) in [5, 5.41) is 0. The van der Waals surface area contributed by atoms with E-state index >= 15 is 0 Å². The number of aliphatic imine (C=N–C) groups is 1. The van der Waals surface area contributed by atoms with Crippen LogP contribution in [0.2, 0.25) is 0 Å². The van der Waals surface area contributed by atoms with Crippen LogP contribution in [0.1, 0.15) is 11.1 Å². The summed E-state index contributed by atoms with van der Waals surface area (Å²) in [6, 6.07) is 8.53. The van der Waals surface area contributed by atoms with E-state index in [2.05, 4.69) is 30.1 Å². The predicted octanol–water partition coefficient (Wildman–Crippen LogP) is 1.86. The van der Waals surface area contributed by atoms with E-state index < -0.39 is 0 Å². The van der Waals surface area contributed by atoms with Gasteiger partial charge in [0.2, 0.25) is 0 Å². The molecule has 1 aliphatic rings. The fourth-order valence-electron chi connectivity index (χ4n) is 1.34. The van der Waals surface area contributed by atoms with E-state index in [0.717, 1.165) is 6.42 Å². The summed E-state index contributed by atoms with van der Waals surface area (Å²) in [7, 11) is 0. The van der Waals surface area contributed by atoms with Crippen LogP contribution >= 0.6 is 0 Å². The second-order valence-corrected chi connectivity index (χ2v) is 2.83. The van der Waals surface area contributed by atoms with Gasteiger partial charge in [-0.1, -0.05) is 24.3 Å². The van der Waals surface area contributed by atoms with E-state index in [1.807, 2.05) is 12.3 Å². The average Bonchev–Trinajstić information content (AvgIpc) is 2.04. The summed E-state index contributed by atoms with van der Waals surface area (Å²) in [6.45, 7) is 3.90. The molecular weight excluding hydrogens is 134 g/mol. The minimum absolute atomic E-state index is 0.213. The molecule has 1 atom stereocenters. The lowest BCUT2D eigenvalue weighted by atomic mass is 9.99. The summed E-state index contributed by atoms with van der Waals surface area (Å²) < 4.78 is 0. The maximum absolute atomic E-state index is 4.24. The van der Waals surface area contributed by atoms with Crippen LogP contribution in [0.4, 0.5) is 0 Å². The Morgan fingerprint density at radius 1 is 1.36 bits per heavy atom. The van der Waals surface area contributed by atoms with Crippen LogP contribution in [0.15, 0.2) is 29.3 Å². The molecule has 0 N–H and O–H groups in total. The number of nitrogens with zero attached hydrogens (tertiary/aromatic N) is 1. The Morgan fingerprint density at radius 2 is 2.18 bits per heavy atom. The molecule has 1 heteroatoms. The molecule has 0 amide bonds. The van der Waals surface area contributed by atoms with Gasteiger partial charge < -0.3 is 0 Å². The van der Waals surface area contributed by atoms with Crippen molar-refractivity contribution in [1.82, 2.24) is 0 Å². The van der Waals surface area contributed by atoms with Crippen LogP contribution in [-0.4, -0.2) is 12.3 Å². The lowest BCUT2D eigenvalue weighted by Crippen LogP contribution is -2.11. The third kappa shape index (κ3) is 1.18. The van der Waals surface area contributed by atoms with Gasteiger partial charge >= 0.3 is 0 Å². The van der Waals surface area contributed by atoms with Gasteiger partial charge in [0.1, 0.15) is 0 Å². The van der Waals surface area contributed by atoms with Crippen molar-refractivity contribution in [2.24, 2.45) is 4.99 Å². The second-order valence-electron chi connectivity index (χ2n) is 2.83. The van der Waals surface area contributed by atoms with Crippen molar-refractivity contribution in [1.29, 1.82) is 0 Å². The first-order chi connectivity index (χ1) is 5.36. The summed E-state index contributed by atoms with van der Waals surface area (Å²) in [5.41, 5.74) is 2.61. The predicted molar refractivity (Wildman–Crippen MR) is 46.9 cm³/mol. The standard InChI is InChI=1S/C10H10N/c1-8-6-9-4-2-3-5-10(9)7-11-8/h2-5,7-8H,1,6H2. The highest BCUT2D eigenvalue weighted by molar-refractivity contribution is 5.83. The largest absolute Gasteiger partial charge is 0.289 e. The fraction of sp³-hybridized carbons (Fsp3) is 0.200. The Hall–Kier alpha value is -1.11. The van der Waals surface area contributed by atoms with Crippen LogP contribution in [0.25, 0.3) is 0 Å². The van der Waals surface area contributed by atoms with Gasteiger partial charge in [-0.15, -0.1) is 0 Å². The zero-order chi connectivity index (χ0) is 7.68. The van der Waals surface area contributed by atoms with Crippen LogP contribution in [0.3, 0.4) is 0 Å². The molecule has 1 radical (unpaired) electrons. The van der Waals surface area contributed by atoms with Gasteiger partial charge in [0, 0.05) is 6.21 Å². The van der Waals surface area contributed by atoms with Crippen molar-refractivity contribution in [2.45, 2.75) is 12.5 Å².